The molecule has 0 unspecified atom stereocenters. The van der Waals surface area contributed by atoms with Gasteiger partial charge in [-0.3, -0.25) is 4.79 Å². The van der Waals surface area contributed by atoms with Gasteiger partial charge in [-0.15, -0.1) is 0 Å². The number of carbonyl (C=O) groups excluding carboxylic acids is 1. The fourth-order valence-electron chi connectivity index (χ4n) is 2.70. The first kappa shape index (κ1) is 21.4. The van der Waals surface area contributed by atoms with Crippen molar-refractivity contribution < 1.29 is 31.5 Å². The van der Waals surface area contributed by atoms with Gasteiger partial charge in [0.1, 0.15) is 10.6 Å². The Labute approximate surface area is 171 Å². The van der Waals surface area contributed by atoms with Crippen LogP contribution in [0.2, 0.25) is 5.02 Å². The van der Waals surface area contributed by atoms with Gasteiger partial charge in [0.2, 0.25) is 10.0 Å². The summed E-state index contributed by atoms with van der Waals surface area (Å²) in [5.74, 6) is -0.632. The average Bonchev–Trinajstić information content (AvgIpc) is 2.70. The molecule has 1 N–H and O–H groups in total. The van der Waals surface area contributed by atoms with Gasteiger partial charge in [0.05, 0.1) is 18.2 Å². The van der Waals surface area contributed by atoms with Crippen molar-refractivity contribution in [3.8, 4) is 5.75 Å². The minimum atomic E-state index is -3.85. The molecule has 0 saturated carbocycles. The Morgan fingerprint density at radius 1 is 1.14 bits per heavy atom. The van der Waals surface area contributed by atoms with Crippen LogP contribution in [0.4, 0.5) is 14.5 Å². The van der Waals surface area contributed by atoms with Gasteiger partial charge >= 0.3 is 6.61 Å². The highest BCUT2D eigenvalue weighted by Gasteiger charge is 2.28. The number of hydrogen-bond donors (Lipinski definition) is 1. The Balaban J connectivity index is 1.78. The van der Waals surface area contributed by atoms with Crippen molar-refractivity contribution in [3.05, 3.63) is 53.1 Å². The maximum Gasteiger partial charge on any atom is 0.387 e. The summed E-state index contributed by atoms with van der Waals surface area (Å²) in [4.78, 5) is 12.3. The van der Waals surface area contributed by atoms with E-state index in [9.17, 15) is 22.0 Å². The van der Waals surface area contributed by atoms with E-state index in [-0.39, 0.29) is 40.0 Å². The lowest BCUT2D eigenvalue weighted by molar-refractivity contribution is -0.0498. The number of ether oxygens (including phenoxy) is 2. The second kappa shape index (κ2) is 9.04. The van der Waals surface area contributed by atoms with Crippen LogP contribution in [0.3, 0.4) is 0 Å². The summed E-state index contributed by atoms with van der Waals surface area (Å²) in [6.07, 6.45) is 0. The molecule has 11 heteroatoms. The predicted octanol–water partition coefficient (Wildman–Crippen LogP) is 3.21. The van der Waals surface area contributed by atoms with Crippen LogP contribution in [0.25, 0.3) is 0 Å². The van der Waals surface area contributed by atoms with E-state index in [2.05, 4.69) is 10.1 Å². The summed E-state index contributed by atoms with van der Waals surface area (Å²) in [5, 5.41) is 2.60. The quantitative estimate of drug-likeness (QED) is 0.736. The zero-order valence-electron chi connectivity index (χ0n) is 15.0. The van der Waals surface area contributed by atoms with Gasteiger partial charge in [-0.1, -0.05) is 11.6 Å². The third kappa shape index (κ3) is 5.21. The number of nitrogens with one attached hydrogen (secondary N) is 1. The number of amides is 1. The van der Waals surface area contributed by atoms with Crippen molar-refractivity contribution >= 4 is 33.2 Å². The molecule has 0 radical (unpaired) electrons. The number of anilines is 1. The summed E-state index contributed by atoms with van der Waals surface area (Å²) in [6, 6.07) is 9.22. The third-order valence-electron chi connectivity index (χ3n) is 4.12. The highest BCUT2D eigenvalue weighted by atomic mass is 35.5. The van der Waals surface area contributed by atoms with Gasteiger partial charge in [-0.25, -0.2) is 8.42 Å². The molecular formula is C18H17ClF2N2O5S. The third-order valence-corrected chi connectivity index (χ3v) is 6.50. The van der Waals surface area contributed by atoms with Crippen LogP contribution in [0.1, 0.15) is 10.4 Å². The molecule has 0 atom stereocenters. The first-order valence-electron chi connectivity index (χ1n) is 8.51. The Morgan fingerprint density at radius 2 is 1.79 bits per heavy atom. The molecule has 1 aliphatic rings. The lowest BCUT2D eigenvalue weighted by Gasteiger charge is -2.26. The molecule has 0 aliphatic carbocycles. The second-order valence-electron chi connectivity index (χ2n) is 6.02. The number of hydrogen-bond acceptors (Lipinski definition) is 5. The first-order chi connectivity index (χ1) is 13.8. The molecule has 1 heterocycles. The number of halogens is 3. The molecule has 29 heavy (non-hydrogen) atoms. The lowest BCUT2D eigenvalue weighted by Crippen LogP contribution is -2.40. The van der Waals surface area contributed by atoms with E-state index in [1.54, 1.807) is 0 Å². The van der Waals surface area contributed by atoms with Gasteiger partial charge in [0.25, 0.3) is 5.91 Å². The van der Waals surface area contributed by atoms with E-state index in [0.29, 0.717) is 13.2 Å². The molecule has 1 saturated heterocycles. The van der Waals surface area contributed by atoms with Gasteiger partial charge in [0, 0.05) is 24.3 Å². The molecule has 1 amide bonds. The maximum atomic E-state index is 12.8. The van der Waals surface area contributed by atoms with Gasteiger partial charge < -0.3 is 14.8 Å². The monoisotopic (exact) mass is 446 g/mol. The van der Waals surface area contributed by atoms with Crippen molar-refractivity contribution in [3.63, 3.8) is 0 Å². The van der Waals surface area contributed by atoms with Gasteiger partial charge in [-0.2, -0.15) is 13.1 Å². The molecule has 1 fully saturated rings. The fraction of sp³-hybridized carbons (Fsp3) is 0.278. The summed E-state index contributed by atoms with van der Waals surface area (Å²) >= 11 is 6.09. The maximum absolute atomic E-state index is 12.8. The molecule has 2 aromatic carbocycles. The topological polar surface area (TPSA) is 84.9 Å². The van der Waals surface area contributed by atoms with E-state index >= 15 is 0 Å². The SMILES string of the molecule is O=C(Nc1ccc(Cl)c(S(=O)(=O)N2CCOCC2)c1)c1ccc(OC(F)F)cc1. The number of rotatable bonds is 6. The lowest BCUT2D eigenvalue weighted by atomic mass is 10.2. The standard InChI is InChI=1S/C18H17ClF2N2O5S/c19-15-6-3-13(11-16(15)29(25,26)23-7-9-27-10-8-23)22-17(24)12-1-4-14(5-2-12)28-18(20)21/h1-6,11,18H,7-10H2,(H,22,24). The molecule has 156 valence electrons. The van der Waals surface area contributed by atoms with Crippen molar-refractivity contribution in [2.45, 2.75) is 11.5 Å². The van der Waals surface area contributed by atoms with Crippen LogP contribution in [-0.2, 0) is 14.8 Å². The summed E-state index contributed by atoms with van der Waals surface area (Å²) in [5.41, 5.74) is 0.401. The van der Waals surface area contributed by atoms with Crippen LogP contribution in [0, 0.1) is 0 Å². The van der Waals surface area contributed by atoms with Crippen molar-refractivity contribution in [1.82, 2.24) is 4.31 Å². The number of alkyl halides is 2. The fourth-order valence-corrected chi connectivity index (χ4v) is 4.60. The number of sulfonamides is 1. The van der Waals surface area contributed by atoms with E-state index in [1.165, 1.54) is 46.8 Å². The normalized spacial score (nSPS) is 15.3. The average molecular weight is 447 g/mol. The summed E-state index contributed by atoms with van der Waals surface area (Å²) in [7, 11) is -3.85. The predicted molar refractivity (Wildman–Crippen MR) is 102 cm³/mol. The Morgan fingerprint density at radius 3 is 2.41 bits per heavy atom. The van der Waals surface area contributed by atoms with E-state index < -0.39 is 22.5 Å². The van der Waals surface area contributed by atoms with Gasteiger partial charge in [0.15, 0.2) is 0 Å². The molecule has 0 spiro atoms. The smallest absolute Gasteiger partial charge is 0.387 e. The van der Waals surface area contributed by atoms with Gasteiger partial charge in [-0.05, 0) is 42.5 Å². The van der Waals surface area contributed by atoms with Crippen LogP contribution in [0.15, 0.2) is 47.4 Å². The molecule has 2 aromatic rings. The van der Waals surface area contributed by atoms with Crippen LogP contribution in [-0.4, -0.2) is 51.5 Å². The van der Waals surface area contributed by atoms with E-state index in [0.717, 1.165) is 0 Å². The summed E-state index contributed by atoms with van der Waals surface area (Å²) < 4.78 is 60.7. The highest BCUT2D eigenvalue weighted by molar-refractivity contribution is 7.89. The number of benzene rings is 2. The molecule has 0 aromatic heterocycles. The van der Waals surface area contributed by atoms with Crippen LogP contribution >= 0.6 is 11.6 Å². The van der Waals surface area contributed by atoms with Crippen LogP contribution < -0.4 is 10.1 Å². The highest BCUT2D eigenvalue weighted by Crippen LogP contribution is 2.28. The Hall–Kier alpha value is -2.27. The molecule has 3 rings (SSSR count). The minimum absolute atomic E-state index is 0.0305. The second-order valence-corrected chi connectivity index (χ2v) is 8.33. The molecular weight excluding hydrogens is 430 g/mol. The molecule has 7 nitrogen and oxygen atoms in total. The van der Waals surface area contributed by atoms with Crippen molar-refractivity contribution in [2.24, 2.45) is 0 Å². The number of carbonyl (C=O) groups is 1. The van der Waals surface area contributed by atoms with Crippen molar-refractivity contribution in [1.29, 1.82) is 0 Å². The Bertz CT molecular complexity index is 980. The Kier molecular flexibility index (Phi) is 6.68. The molecule has 1 aliphatic heterocycles. The molecule has 0 bridgehead atoms. The van der Waals surface area contributed by atoms with E-state index in [4.69, 9.17) is 16.3 Å². The summed E-state index contributed by atoms with van der Waals surface area (Å²) in [6.45, 7) is -1.96. The zero-order valence-corrected chi connectivity index (χ0v) is 16.6. The van der Waals surface area contributed by atoms with E-state index in [1.807, 2.05) is 0 Å². The minimum Gasteiger partial charge on any atom is -0.435 e. The first-order valence-corrected chi connectivity index (χ1v) is 10.3. The number of morpholine rings is 1. The van der Waals surface area contributed by atoms with Crippen LogP contribution in [0.5, 0.6) is 5.75 Å². The van der Waals surface area contributed by atoms with Crippen molar-refractivity contribution in [2.75, 3.05) is 31.6 Å². The number of nitrogens with zero attached hydrogens (tertiary/aromatic N) is 1. The largest absolute Gasteiger partial charge is 0.435 e. The zero-order chi connectivity index (χ0) is 21.0.